The zero-order chi connectivity index (χ0) is 13.0. The van der Waals surface area contributed by atoms with Crippen LogP contribution in [0.4, 0.5) is 0 Å². The molecule has 1 amide bonds. The molecule has 1 aromatic heterocycles. The summed E-state index contributed by atoms with van der Waals surface area (Å²) < 4.78 is 5.33. The van der Waals surface area contributed by atoms with Crippen molar-refractivity contribution >= 4 is 5.91 Å². The maximum Gasteiger partial charge on any atom is 0.249 e. The van der Waals surface area contributed by atoms with Crippen LogP contribution in [0.3, 0.4) is 0 Å². The standard InChI is InChI=1S/C13H15N3O2/c1-9-6-16-12(18-9)8-15-7-10-4-2-3-5-11(10)13(14)17/h2-6,15H,7-8H2,1H3,(H2,14,17). The molecule has 1 heterocycles. The Morgan fingerprint density at radius 2 is 2.17 bits per heavy atom. The normalized spacial score (nSPS) is 10.5. The van der Waals surface area contributed by atoms with Crippen molar-refractivity contribution in [2.24, 2.45) is 5.73 Å². The second-order valence-electron chi connectivity index (χ2n) is 3.99. The number of aromatic nitrogens is 1. The van der Waals surface area contributed by atoms with Crippen LogP contribution in [-0.2, 0) is 13.1 Å². The van der Waals surface area contributed by atoms with Gasteiger partial charge in [0.25, 0.3) is 0 Å². The van der Waals surface area contributed by atoms with Crippen molar-refractivity contribution in [3.05, 3.63) is 53.2 Å². The minimum absolute atomic E-state index is 0.417. The molecule has 1 aromatic carbocycles. The van der Waals surface area contributed by atoms with E-state index in [-0.39, 0.29) is 0 Å². The number of carbonyl (C=O) groups excluding carboxylic acids is 1. The molecule has 0 aliphatic rings. The van der Waals surface area contributed by atoms with Crippen molar-refractivity contribution in [1.29, 1.82) is 0 Å². The lowest BCUT2D eigenvalue weighted by Gasteiger charge is -2.06. The Kier molecular flexibility index (Phi) is 3.74. The number of rotatable bonds is 5. The molecule has 0 atom stereocenters. The molecule has 2 rings (SSSR count). The Bertz CT molecular complexity index is 549. The third-order valence-electron chi connectivity index (χ3n) is 2.54. The van der Waals surface area contributed by atoms with Gasteiger partial charge in [0, 0.05) is 12.1 Å². The van der Waals surface area contributed by atoms with Gasteiger partial charge in [-0.05, 0) is 18.6 Å². The van der Waals surface area contributed by atoms with E-state index in [4.69, 9.17) is 10.2 Å². The van der Waals surface area contributed by atoms with E-state index in [1.807, 2.05) is 19.1 Å². The zero-order valence-corrected chi connectivity index (χ0v) is 10.1. The molecule has 0 unspecified atom stereocenters. The van der Waals surface area contributed by atoms with Crippen LogP contribution in [0.15, 0.2) is 34.9 Å². The highest BCUT2D eigenvalue weighted by Gasteiger charge is 2.07. The lowest BCUT2D eigenvalue weighted by Crippen LogP contribution is -2.18. The van der Waals surface area contributed by atoms with Crippen molar-refractivity contribution in [2.45, 2.75) is 20.0 Å². The first kappa shape index (κ1) is 12.3. The highest BCUT2D eigenvalue weighted by atomic mass is 16.4. The number of amides is 1. The second-order valence-corrected chi connectivity index (χ2v) is 3.99. The summed E-state index contributed by atoms with van der Waals surface area (Å²) in [4.78, 5) is 15.3. The first-order valence-electron chi connectivity index (χ1n) is 5.66. The molecule has 0 aliphatic carbocycles. The SMILES string of the molecule is Cc1cnc(CNCc2ccccc2C(N)=O)o1. The Labute approximate surface area is 105 Å². The molecule has 5 heteroatoms. The monoisotopic (exact) mass is 245 g/mol. The first-order chi connectivity index (χ1) is 8.66. The van der Waals surface area contributed by atoms with E-state index in [0.29, 0.717) is 24.5 Å². The Hall–Kier alpha value is -2.14. The highest BCUT2D eigenvalue weighted by molar-refractivity contribution is 5.94. The lowest BCUT2D eigenvalue weighted by atomic mass is 10.1. The Balaban J connectivity index is 1.96. The number of carbonyl (C=O) groups is 1. The molecule has 0 saturated heterocycles. The van der Waals surface area contributed by atoms with Crippen molar-refractivity contribution in [3.63, 3.8) is 0 Å². The van der Waals surface area contributed by atoms with Crippen LogP contribution < -0.4 is 11.1 Å². The maximum absolute atomic E-state index is 11.2. The van der Waals surface area contributed by atoms with E-state index in [1.54, 1.807) is 18.3 Å². The summed E-state index contributed by atoms with van der Waals surface area (Å²) in [5, 5.41) is 3.16. The van der Waals surface area contributed by atoms with Crippen LogP contribution in [0.2, 0.25) is 0 Å². The molecule has 0 saturated carbocycles. The molecular formula is C13H15N3O2. The maximum atomic E-state index is 11.2. The molecule has 5 nitrogen and oxygen atoms in total. The van der Waals surface area contributed by atoms with Crippen LogP contribution in [-0.4, -0.2) is 10.9 Å². The summed E-state index contributed by atoms with van der Waals surface area (Å²) in [6, 6.07) is 7.25. The molecule has 2 aromatic rings. The van der Waals surface area contributed by atoms with Gasteiger partial charge in [-0.2, -0.15) is 0 Å². The number of oxazole rings is 1. The van der Waals surface area contributed by atoms with Crippen LogP contribution in [0.5, 0.6) is 0 Å². The third-order valence-corrected chi connectivity index (χ3v) is 2.54. The van der Waals surface area contributed by atoms with Gasteiger partial charge in [0.05, 0.1) is 12.7 Å². The number of nitrogens with zero attached hydrogens (tertiary/aromatic N) is 1. The fraction of sp³-hybridized carbons (Fsp3) is 0.231. The zero-order valence-electron chi connectivity index (χ0n) is 10.1. The van der Waals surface area contributed by atoms with Crippen molar-refractivity contribution in [3.8, 4) is 0 Å². The molecular weight excluding hydrogens is 230 g/mol. The number of nitrogens with two attached hydrogens (primary N) is 1. The molecule has 0 spiro atoms. The summed E-state index contributed by atoms with van der Waals surface area (Å²) in [5.74, 6) is 0.993. The van der Waals surface area contributed by atoms with Crippen LogP contribution in [0, 0.1) is 6.92 Å². The predicted octanol–water partition coefficient (Wildman–Crippen LogP) is 1.37. The minimum Gasteiger partial charge on any atom is -0.445 e. The number of benzene rings is 1. The van der Waals surface area contributed by atoms with Gasteiger partial charge >= 0.3 is 0 Å². The van der Waals surface area contributed by atoms with E-state index < -0.39 is 5.91 Å². The van der Waals surface area contributed by atoms with Gasteiger partial charge in [-0.1, -0.05) is 18.2 Å². The van der Waals surface area contributed by atoms with Gasteiger partial charge in [0.1, 0.15) is 5.76 Å². The topological polar surface area (TPSA) is 81.1 Å². The first-order valence-corrected chi connectivity index (χ1v) is 5.66. The summed E-state index contributed by atoms with van der Waals surface area (Å²) in [6.45, 7) is 2.90. The van der Waals surface area contributed by atoms with Gasteiger partial charge in [0.2, 0.25) is 11.8 Å². The van der Waals surface area contributed by atoms with Gasteiger partial charge in [-0.3, -0.25) is 4.79 Å². The number of primary amides is 1. The summed E-state index contributed by atoms with van der Waals surface area (Å²) in [6.07, 6.45) is 1.67. The molecule has 0 fully saturated rings. The molecule has 0 aliphatic heterocycles. The third kappa shape index (κ3) is 2.95. The molecule has 18 heavy (non-hydrogen) atoms. The van der Waals surface area contributed by atoms with Gasteiger partial charge in [-0.15, -0.1) is 0 Å². The lowest BCUT2D eigenvalue weighted by molar-refractivity contribution is 0.0999. The van der Waals surface area contributed by atoms with E-state index in [1.165, 1.54) is 0 Å². The fourth-order valence-electron chi connectivity index (χ4n) is 1.70. The highest BCUT2D eigenvalue weighted by Crippen LogP contribution is 2.08. The molecule has 94 valence electrons. The van der Waals surface area contributed by atoms with Gasteiger partial charge < -0.3 is 15.5 Å². The minimum atomic E-state index is -0.417. The fourth-order valence-corrected chi connectivity index (χ4v) is 1.70. The van der Waals surface area contributed by atoms with Crippen molar-refractivity contribution in [2.75, 3.05) is 0 Å². The number of aryl methyl sites for hydroxylation is 1. The van der Waals surface area contributed by atoms with Crippen LogP contribution in [0.1, 0.15) is 27.6 Å². The Morgan fingerprint density at radius 1 is 1.39 bits per heavy atom. The molecule has 0 radical (unpaired) electrons. The molecule has 0 bridgehead atoms. The molecule has 3 N–H and O–H groups in total. The summed E-state index contributed by atoms with van der Waals surface area (Å²) in [7, 11) is 0. The summed E-state index contributed by atoms with van der Waals surface area (Å²) in [5.41, 5.74) is 6.71. The van der Waals surface area contributed by atoms with E-state index in [0.717, 1.165) is 11.3 Å². The average Bonchev–Trinajstić information content (AvgIpc) is 2.75. The van der Waals surface area contributed by atoms with E-state index in [2.05, 4.69) is 10.3 Å². The van der Waals surface area contributed by atoms with E-state index in [9.17, 15) is 4.79 Å². The largest absolute Gasteiger partial charge is 0.445 e. The quantitative estimate of drug-likeness (QED) is 0.833. The Morgan fingerprint density at radius 3 is 2.83 bits per heavy atom. The average molecular weight is 245 g/mol. The van der Waals surface area contributed by atoms with Crippen molar-refractivity contribution in [1.82, 2.24) is 10.3 Å². The van der Waals surface area contributed by atoms with E-state index >= 15 is 0 Å². The smallest absolute Gasteiger partial charge is 0.249 e. The number of nitrogens with one attached hydrogen (secondary N) is 1. The number of hydrogen-bond acceptors (Lipinski definition) is 4. The van der Waals surface area contributed by atoms with Crippen molar-refractivity contribution < 1.29 is 9.21 Å². The van der Waals surface area contributed by atoms with Gasteiger partial charge in [0.15, 0.2) is 0 Å². The second kappa shape index (κ2) is 5.46. The van der Waals surface area contributed by atoms with Crippen LogP contribution >= 0.6 is 0 Å². The summed E-state index contributed by atoms with van der Waals surface area (Å²) >= 11 is 0. The van der Waals surface area contributed by atoms with Gasteiger partial charge in [-0.25, -0.2) is 4.98 Å². The number of hydrogen-bond donors (Lipinski definition) is 2. The predicted molar refractivity (Wildman–Crippen MR) is 66.7 cm³/mol. The van der Waals surface area contributed by atoms with Crippen LogP contribution in [0.25, 0.3) is 0 Å².